The monoisotopic (exact) mass is 268 g/mol. The molecule has 0 aromatic rings. The summed E-state index contributed by atoms with van der Waals surface area (Å²) in [6.07, 6.45) is 5.43. The van der Waals surface area contributed by atoms with Crippen LogP contribution in [0.5, 0.6) is 0 Å². The van der Waals surface area contributed by atoms with E-state index in [1.165, 1.54) is 11.1 Å². The minimum Gasteiger partial charge on any atom is -0.384 e. The van der Waals surface area contributed by atoms with E-state index in [9.17, 15) is 0 Å². The fraction of sp³-hybridized carbons (Fsp3) is 0.733. The van der Waals surface area contributed by atoms with E-state index in [1.807, 2.05) is 0 Å². The number of methoxy groups -OCH3 is 4. The molecule has 0 saturated carbocycles. The Bertz CT molecular complexity index is 361. The van der Waals surface area contributed by atoms with Crippen LogP contribution in [0.25, 0.3) is 0 Å². The smallest absolute Gasteiger partial charge is 0.0929 e. The summed E-state index contributed by atoms with van der Waals surface area (Å²) < 4.78 is 22.2. The first-order chi connectivity index (χ1) is 9.28. The van der Waals surface area contributed by atoms with Crippen LogP contribution in [0, 0.1) is 11.8 Å². The molecule has 0 bridgehead atoms. The Morgan fingerprint density at radius 3 is 2.11 bits per heavy atom. The number of hydrogen-bond acceptors (Lipinski definition) is 4. The molecule has 0 spiro atoms. The van der Waals surface area contributed by atoms with E-state index < -0.39 is 0 Å². The van der Waals surface area contributed by atoms with Gasteiger partial charge in [-0.25, -0.2) is 0 Å². The van der Waals surface area contributed by atoms with Crippen molar-refractivity contribution in [3.05, 3.63) is 23.3 Å². The second kappa shape index (κ2) is 6.66. The Labute approximate surface area is 115 Å². The van der Waals surface area contributed by atoms with E-state index in [2.05, 4.69) is 12.2 Å². The van der Waals surface area contributed by atoms with Crippen LogP contribution in [0.3, 0.4) is 0 Å². The Kier molecular flexibility index (Phi) is 5.16. The third-order valence-corrected chi connectivity index (χ3v) is 4.21. The van der Waals surface area contributed by atoms with Gasteiger partial charge in [0.25, 0.3) is 0 Å². The Balaban J connectivity index is 2.36. The first kappa shape index (κ1) is 14.7. The van der Waals surface area contributed by atoms with Crippen molar-refractivity contribution < 1.29 is 18.9 Å². The lowest BCUT2D eigenvalue weighted by molar-refractivity contribution is -0.104. The molecule has 0 radical (unpaired) electrons. The minimum absolute atomic E-state index is 0.00611. The summed E-state index contributed by atoms with van der Waals surface area (Å²) in [5.41, 5.74) is 2.77. The predicted molar refractivity (Wildman–Crippen MR) is 73.1 cm³/mol. The molecule has 0 aromatic heterocycles. The third-order valence-electron chi connectivity index (χ3n) is 4.21. The highest BCUT2D eigenvalue weighted by atomic mass is 16.5. The molecule has 0 heterocycles. The zero-order valence-corrected chi connectivity index (χ0v) is 12.2. The van der Waals surface area contributed by atoms with E-state index in [0.717, 1.165) is 6.42 Å². The molecule has 0 fully saturated rings. The highest BCUT2D eigenvalue weighted by molar-refractivity contribution is 5.41. The van der Waals surface area contributed by atoms with Crippen molar-refractivity contribution in [2.45, 2.75) is 18.6 Å². The van der Waals surface area contributed by atoms with Crippen molar-refractivity contribution in [2.24, 2.45) is 11.8 Å². The van der Waals surface area contributed by atoms with Gasteiger partial charge in [0.2, 0.25) is 0 Å². The second-order valence-corrected chi connectivity index (χ2v) is 5.11. The summed E-state index contributed by atoms with van der Waals surface area (Å²) in [4.78, 5) is 0. The number of ether oxygens (including phenoxy) is 4. The largest absolute Gasteiger partial charge is 0.384 e. The normalized spacial score (nSPS) is 33.9. The topological polar surface area (TPSA) is 36.9 Å². The van der Waals surface area contributed by atoms with Gasteiger partial charge in [-0.2, -0.15) is 0 Å². The molecule has 4 atom stereocenters. The molecule has 0 saturated heterocycles. The van der Waals surface area contributed by atoms with Crippen molar-refractivity contribution in [3.8, 4) is 0 Å². The van der Waals surface area contributed by atoms with Crippen LogP contribution in [0.2, 0.25) is 0 Å². The SMILES string of the molecule is COC[C@@H]1C2=C(CC=C2)[C@@H](COC)[C@@H](OC)[C@@H]1OC. The lowest BCUT2D eigenvalue weighted by Gasteiger charge is -2.42. The van der Waals surface area contributed by atoms with Gasteiger partial charge in [0.15, 0.2) is 0 Å². The van der Waals surface area contributed by atoms with Gasteiger partial charge in [0.1, 0.15) is 0 Å². The molecule has 4 heteroatoms. The number of rotatable bonds is 6. The van der Waals surface area contributed by atoms with Gasteiger partial charge in [-0.05, 0) is 12.0 Å². The molecule has 2 aliphatic rings. The molecule has 108 valence electrons. The van der Waals surface area contributed by atoms with Crippen molar-refractivity contribution in [3.63, 3.8) is 0 Å². The molecule has 2 rings (SSSR count). The molecule has 2 aliphatic carbocycles. The highest BCUT2D eigenvalue weighted by Gasteiger charge is 2.44. The van der Waals surface area contributed by atoms with Crippen LogP contribution in [-0.2, 0) is 18.9 Å². The fourth-order valence-corrected chi connectivity index (χ4v) is 3.43. The molecule has 0 N–H and O–H groups in total. The average molecular weight is 268 g/mol. The Morgan fingerprint density at radius 2 is 1.53 bits per heavy atom. The van der Waals surface area contributed by atoms with Crippen molar-refractivity contribution in [1.82, 2.24) is 0 Å². The standard InChI is InChI=1S/C15H24O4/c1-16-8-12-10-6-5-7-11(10)13(9-17-2)15(19-4)14(12)18-3/h5-6,12-15H,7-9H2,1-4H3/t12-,13-,14-,15-/m1/s1. The van der Waals surface area contributed by atoms with E-state index in [-0.39, 0.29) is 24.0 Å². The van der Waals surface area contributed by atoms with Gasteiger partial charge in [-0.15, -0.1) is 0 Å². The molecular formula is C15H24O4. The Morgan fingerprint density at radius 1 is 0.947 bits per heavy atom. The molecule has 4 nitrogen and oxygen atoms in total. The summed E-state index contributed by atoms with van der Waals surface area (Å²) in [6.45, 7) is 1.32. The molecule has 0 aromatic carbocycles. The van der Waals surface area contributed by atoms with Crippen LogP contribution in [0.1, 0.15) is 6.42 Å². The third kappa shape index (κ3) is 2.63. The van der Waals surface area contributed by atoms with Gasteiger partial charge in [0, 0.05) is 40.3 Å². The van der Waals surface area contributed by atoms with Gasteiger partial charge >= 0.3 is 0 Å². The molecule has 0 aliphatic heterocycles. The number of hydrogen-bond donors (Lipinski definition) is 0. The van der Waals surface area contributed by atoms with Gasteiger partial charge in [-0.1, -0.05) is 17.7 Å². The Hall–Kier alpha value is -0.680. The van der Waals surface area contributed by atoms with Gasteiger partial charge in [-0.3, -0.25) is 0 Å². The van der Waals surface area contributed by atoms with E-state index in [0.29, 0.717) is 13.2 Å². The van der Waals surface area contributed by atoms with Gasteiger partial charge in [0.05, 0.1) is 25.4 Å². The lowest BCUT2D eigenvalue weighted by Crippen LogP contribution is -2.49. The molecule has 0 amide bonds. The van der Waals surface area contributed by atoms with E-state index >= 15 is 0 Å². The molecule has 0 unspecified atom stereocenters. The van der Waals surface area contributed by atoms with E-state index in [4.69, 9.17) is 18.9 Å². The highest BCUT2D eigenvalue weighted by Crippen LogP contribution is 2.42. The maximum absolute atomic E-state index is 5.72. The summed E-state index contributed by atoms with van der Waals surface area (Å²) in [5, 5.41) is 0. The summed E-state index contributed by atoms with van der Waals surface area (Å²) in [6, 6.07) is 0. The maximum Gasteiger partial charge on any atom is 0.0929 e. The lowest BCUT2D eigenvalue weighted by atomic mass is 9.74. The van der Waals surface area contributed by atoms with Crippen LogP contribution < -0.4 is 0 Å². The number of allylic oxidation sites excluding steroid dienone is 2. The first-order valence-electron chi connectivity index (χ1n) is 6.71. The second-order valence-electron chi connectivity index (χ2n) is 5.11. The summed E-state index contributed by atoms with van der Waals surface area (Å²) in [5.74, 6) is 0.500. The quantitative estimate of drug-likeness (QED) is 0.736. The fourth-order valence-electron chi connectivity index (χ4n) is 3.43. The average Bonchev–Trinajstić information content (AvgIpc) is 2.90. The zero-order valence-electron chi connectivity index (χ0n) is 12.2. The van der Waals surface area contributed by atoms with Crippen molar-refractivity contribution in [1.29, 1.82) is 0 Å². The van der Waals surface area contributed by atoms with Crippen LogP contribution in [0.15, 0.2) is 23.3 Å². The van der Waals surface area contributed by atoms with E-state index in [1.54, 1.807) is 28.4 Å². The molecule has 19 heavy (non-hydrogen) atoms. The van der Waals surface area contributed by atoms with Crippen LogP contribution in [-0.4, -0.2) is 53.9 Å². The first-order valence-corrected chi connectivity index (χ1v) is 6.71. The predicted octanol–water partition coefficient (Wildman–Crippen LogP) is 1.81. The van der Waals surface area contributed by atoms with Crippen molar-refractivity contribution in [2.75, 3.05) is 41.7 Å². The van der Waals surface area contributed by atoms with Crippen molar-refractivity contribution >= 4 is 0 Å². The maximum atomic E-state index is 5.72. The minimum atomic E-state index is 0.00611. The van der Waals surface area contributed by atoms with Gasteiger partial charge < -0.3 is 18.9 Å². The van der Waals surface area contributed by atoms with Crippen LogP contribution in [0.4, 0.5) is 0 Å². The zero-order chi connectivity index (χ0) is 13.8. The summed E-state index contributed by atoms with van der Waals surface area (Å²) >= 11 is 0. The molecular weight excluding hydrogens is 244 g/mol. The summed E-state index contributed by atoms with van der Waals surface area (Å²) in [7, 11) is 6.96. The van der Waals surface area contributed by atoms with Crippen LogP contribution >= 0.6 is 0 Å².